The molecule has 0 aromatic heterocycles. The van der Waals surface area contributed by atoms with Gasteiger partial charge in [-0.1, -0.05) is 37.1 Å². The standard InChI is InChI=1S/C16H23ClN2OS/c1-4-6-14-16(20)19(11(2)10-21-3)15(18-14)12-7-5-8-13(17)9-12/h5,7-9,11,14-15,18H,4,6,10H2,1-3H3. The van der Waals surface area contributed by atoms with Gasteiger partial charge in [0.2, 0.25) is 5.91 Å². The molecule has 1 fully saturated rings. The van der Waals surface area contributed by atoms with E-state index >= 15 is 0 Å². The fraction of sp³-hybridized carbons (Fsp3) is 0.562. The lowest BCUT2D eigenvalue weighted by Gasteiger charge is -2.30. The van der Waals surface area contributed by atoms with Crippen molar-refractivity contribution in [3.63, 3.8) is 0 Å². The molecule has 1 aromatic rings. The van der Waals surface area contributed by atoms with Crippen LogP contribution in [0.1, 0.15) is 38.4 Å². The molecule has 0 saturated carbocycles. The van der Waals surface area contributed by atoms with Crippen LogP contribution in [0.2, 0.25) is 5.02 Å². The second kappa shape index (κ2) is 7.52. The van der Waals surface area contributed by atoms with E-state index in [2.05, 4.69) is 25.4 Å². The third-order valence-electron chi connectivity index (χ3n) is 3.81. The van der Waals surface area contributed by atoms with Crippen LogP contribution in [-0.2, 0) is 4.79 Å². The van der Waals surface area contributed by atoms with Crippen LogP contribution in [0, 0.1) is 0 Å². The highest BCUT2D eigenvalue weighted by atomic mass is 35.5. The van der Waals surface area contributed by atoms with E-state index in [0.29, 0.717) is 5.02 Å². The van der Waals surface area contributed by atoms with Crippen LogP contribution < -0.4 is 5.32 Å². The monoisotopic (exact) mass is 326 g/mol. The first-order valence-corrected chi connectivity index (χ1v) is 9.18. The normalized spacial score (nSPS) is 23.6. The number of carbonyl (C=O) groups excluding carboxylic acids is 1. The smallest absolute Gasteiger partial charge is 0.241 e. The van der Waals surface area contributed by atoms with Crippen molar-refractivity contribution in [2.24, 2.45) is 0 Å². The summed E-state index contributed by atoms with van der Waals surface area (Å²) in [6.07, 6.45) is 3.87. The van der Waals surface area contributed by atoms with Gasteiger partial charge >= 0.3 is 0 Å². The van der Waals surface area contributed by atoms with E-state index in [1.165, 1.54) is 0 Å². The molecule has 21 heavy (non-hydrogen) atoms. The number of benzene rings is 1. The summed E-state index contributed by atoms with van der Waals surface area (Å²) in [4.78, 5) is 14.7. The summed E-state index contributed by atoms with van der Waals surface area (Å²) in [7, 11) is 0. The first-order valence-electron chi connectivity index (χ1n) is 7.41. The third kappa shape index (κ3) is 3.74. The lowest BCUT2D eigenvalue weighted by atomic mass is 10.1. The van der Waals surface area contributed by atoms with Gasteiger partial charge in [-0.3, -0.25) is 10.1 Å². The maximum Gasteiger partial charge on any atom is 0.241 e. The van der Waals surface area contributed by atoms with Crippen molar-refractivity contribution < 1.29 is 4.79 Å². The number of hydrogen-bond donors (Lipinski definition) is 1. The Morgan fingerprint density at radius 3 is 2.86 bits per heavy atom. The Bertz CT molecular complexity index is 497. The van der Waals surface area contributed by atoms with Gasteiger partial charge in [0.15, 0.2) is 0 Å². The predicted octanol–water partition coefficient (Wildman–Crippen LogP) is 3.69. The Morgan fingerprint density at radius 1 is 1.48 bits per heavy atom. The predicted molar refractivity (Wildman–Crippen MR) is 90.7 cm³/mol. The summed E-state index contributed by atoms with van der Waals surface area (Å²) in [6.45, 7) is 4.22. The maximum absolute atomic E-state index is 12.7. The average molecular weight is 327 g/mol. The van der Waals surface area contributed by atoms with Crippen LogP contribution in [0.25, 0.3) is 0 Å². The summed E-state index contributed by atoms with van der Waals surface area (Å²) in [5.41, 5.74) is 1.06. The number of carbonyl (C=O) groups is 1. The second-order valence-corrected chi connectivity index (χ2v) is 6.86. The molecule has 116 valence electrons. The largest absolute Gasteiger partial charge is 0.318 e. The van der Waals surface area contributed by atoms with Crippen molar-refractivity contribution >= 4 is 29.3 Å². The minimum atomic E-state index is -0.0803. The summed E-state index contributed by atoms with van der Waals surface area (Å²) in [6, 6.07) is 7.90. The molecule has 3 atom stereocenters. The zero-order valence-electron chi connectivity index (χ0n) is 12.8. The van der Waals surface area contributed by atoms with Crippen molar-refractivity contribution in [1.82, 2.24) is 10.2 Å². The Morgan fingerprint density at radius 2 is 2.24 bits per heavy atom. The zero-order valence-corrected chi connectivity index (χ0v) is 14.4. The molecule has 3 unspecified atom stereocenters. The van der Waals surface area contributed by atoms with Crippen LogP contribution in [0.4, 0.5) is 0 Å². The lowest BCUT2D eigenvalue weighted by Crippen LogP contribution is -2.39. The Kier molecular flexibility index (Phi) is 5.97. The summed E-state index contributed by atoms with van der Waals surface area (Å²) < 4.78 is 0. The molecule has 1 N–H and O–H groups in total. The van der Waals surface area contributed by atoms with E-state index in [-0.39, 0.29) is 24.2 Å². The topological polar surface area (TPSA) is 32.3 Å². The Labute approximate surface area is 136 Å². The van der Waals surface area contributed by atoms with Crippen molar-refractivity contribution in [1.29, 1.82) is 0 Å². The summed E-state index contributed by atoms with van der Waals surface area (Å²) in [5.74, 6) is 1.15. The van der Waals surface area contributed by atoms with Gasteiger partial charge in [0.1, 0.15) is 6.17 Å². The number of amides is 1. The zero-order chi connectivity index (χ0) is 15.4. The molecule has 0 radical (unpaired) electrons. The molecule has 1 heterocycles. The number of nitrogens with one attached hydrogen (secondary N) is 1. The number of rotatable bonds is 6. The van der Waals surface area contributed by atoms with E-state index in [1.54, 1.807) is 11.8 Å². The van der Waals surface area contributed by atoms with Gasteiger partial charge in [-0.15, -0.1) is 0 Å². The Hall–Kier alpha value is -0.710. The van der Waals surface area contributed by atoms with Gasteiger partial charge in [-0.25, -0.2) is 0 Å². The quantitative estimate of drug-likeness (QED) is 0.865. The molecule has 2 rings (SSSR count). The van der Waals surface area contributed by atoms with E-state index in [1.807, 2.05) is 29.2 Å². The molecule has 0 spiro atoms. The first kappa shape index (κ1) is 16.7. The van der Waals surface area contributed by atoms with Crippen LogP contribution in [0.5, 0.6) is 0 Å². The molecule has 1 aliphatic rings. The molecule has 3 nitrogen and oxygen atoms in total. The second-order valence-electron chi connectivity index (χ2n) is 5.52. The van der Waals surface area contributed by atoms with Gasteiger partial charge in [0.25, 0.3) is 0 Å². The van der Waals surface area contributed by atoms with E-state index in [0.717, 1.165) is 24.2 Å². The minimum absolute atomic E-state index is 0.0742. The van der Waals surface area contributed by atoms with E-state index in [9.17, 15) is 4.79 Å². The highest BCUT2D eigenvalue weighted by Crippen LogP contribution is 2.31. The van der Waals surface area contributed by atoms with Crippen molar-refractivity contribution in [3.05, 3.63) is 34.9 Å². The number of nitrogens with zero attached hydrogens (tertiary/aromatic N) is 1. The first-order chi connectivity index (χ1) is 10.1. The molecule has 1 saturated heterocycles. The highest BCUT2D eigenvalue weighted by Gasteiger charge is 2.41. The van der Waals surface area contributed by atoms with E-state index in [4.69, 9.17) is 11.6 Å². The SMILES string of the molecule is CCCC1NC(c2cccc(Cl)c2)N(C(C)CSC)C1=O. The van der Waals surface area contributed by atoms with Gasteiger partial charge < -0.3 is 4.90 Å². The van der Waals surface area contributed by atoms with Crippen molar-refractivity contribution in [2.45, 2.75) is 44.9 Å². The molecular formula is C16H23ClN2OS. The van der Waals surface area contributed by atoms with Crippen LogP contribution in [0.3, 0.4) is 0 Å². The fourth-order valence-corrected chi connectivity index (χ4v) is 3.71. The van der Waals surface area contributed by atoms with Crippen LogP contribution >= 0.6 is 23.4 Å². The fourth-order valence-electron chi connectivity index (χ4n) is 2.87. The van der Waals surface area contributed by atoms with Gasteiger partial charge in [0, 0.05) is 16.8 Å². The van der Waals surface area contributed by atoms with Gasteiger partial charge in [0.05, 0.1) is 6.04 Å². The van der Waals surface area contributed by atoms with Crippen molar-refractivity contribution in [3.8, 4) is 0 Å². The molecule has 1 amide bonds. The third-order valence-corrected chi connectivity index (χ3v) is 4.87. The molecule has 1 aromatic carbocycles. The maximum atomic E-state index is 12.7. The minimum Gasteiger partial charge on any atom is -0.318 e. The lowest BCUT2D eigenvalue weighted by molar-refractivity contribution is -0.131. The van der Waals surface area contributed by atoms with Crippen molar-refractivity contribution in [2.75, 3.05) is 12.0 Å². The highest BCUT2D eigenvalue weighted by molar-refractivity contribution is 7.98. The molecule has 1 aliphatic heterocycles. The molecule has 0 aliphatic carbocycles. The molecular weight excluding hydrogens is 304 g/mol. The van der Waals surface area contributed by atoms with Gasteiger partial charge in [-0.2, -0.15) is 11.8 Å². The van der Waals surface area contributed by atoms with Crippen LogP contribution in [-0.4, -0.2) is 34.9 Å². The number of halogens is 1. The average Bonchev–Trinajstić information content (AvgIpc) is 2.77. The Balaban J connectivity index is 2.29. The molecule has 5 heteroatoms. The summed E-state index contributed by atoms with van der Waals surface area (Å²) in [5, 5.41) is 4.19. The number of hydrogen-bond acceptors (Lipinski definition) is 3. The summed E-state index contributed by atoms with van der Waals surface area (Å²) >= 11 is 7.88. The van der Waals surface area contributed by atoms with Crippen LogP contribution in [0.15, 0.2) is 24.3 Å². The van der Waals surface area contributed by atoms with E-state index < -0.39 is 0 Å². The van der Waals surface area contributed by atoms with Gasteiger partial charge in [-0.05, 0) is 37.3 Å². The number of thioether (sulfide) groups is 1. The molecule has 0 bridgehead atoms.